The van der Waals surface area contributed by atoms with Crippen molar-refractivity contribution in [1.82, 2.24) is 0 Å². The van der Waals surface area contributed by atoms with Gasteiger partial charge in [0.2, 0.25) is 0 Å². The van der Waals surface area contributed by atoms with Gasteiger partial charge in [-0.15, -0.1) is 0 Å². The largest absolute Gasteiger partial charge is 0.392 e. The molecular weight excluding hydrogens is 260 g/mol. The minimum Gasteiger partial charge on any atom is -0.392 e. The first-order valence-electron chi connectivity index (χ1n) is 6.89. The average molecular weight is 280 g/mol. The van der Waals surface area contributed by atoms with Gasteiger partial charge in [0.1, 0.15) is 12.2 Å². The lowest BCUT2D eigenvalue weighted by Gasteiger charge is -2.47. The molecule has 20 heavy (non-hydrogen) atoms. The van der Waals surface area contributed by atoms with Gasteiger partial charge in [0.05, 0.1) is 12.7 Å². The van der Waals surface area contributed by atoms with E-state index in [2.05, 4.69) is 6.58 Å². The maximum Gasteiger partial charge on any atom is 0.194 e. The van der Waals surface area contributed by atoms with E-state index >= 15 is 0 Å². The SMILES string of the molecule is C=C(CO)[C@]12O[C@@H]1[C@]1(C)C(=CC2=O)[C@H](O)[C@@H](O)C[C@H]1C. The smallest absolute Gasteiger partial charge is 0.194 e. The van der Waals surface area contributed by atoms with Crippen LogP contribution in [0.4, 0.5) is 0 Å². The summed E-state index contributed by atoms with van der Waals surface area (Å²) in [6.07, 6.45) is -0.480. The van der Waals surface area contributed by atoms with Gasteiger partial charge in [-0.2, -0.15) is 0 Å². The van der Waals surface area contributed by atoms with Crippen molar-refractivity contribution in [3.05, 3.63) is 23.8 Å². The van der Waals surface area contributed by atoms with Crippen LogP contribution in [0.3, 0.4) is 0 Å². The van der Waals surface area contributed by atoms with Gasteiger partial charge < -0.3 is 20.1 Å². The van der Waals surface area contributed by atoms with Crippen LogP contribution in [0.2, 0.25) is 0 Å². The lowest BCUT2D eigenvalue weighted by Crippen LogP contribution is -2.54. The highest BCUT2D eigenvalue weighted by atomic mass is 16.6. The zero-order valence-electron chi connectivity index (χ0n) is 11.7. The molecule has 1 aliphatic heterocycles. The van der Waals surface area contributed by atoms with Crippen molar-refractivity contribution in [3.63, 3.8) is 0 Å². The molecule has 0 amide bonds. The van der Waals surface area contributed by atoms with E-state index in [0.29, 0.717) is 17.6 Å². The van der Waals surface area contributed by atoms with Crippen molar-refractivity contribution in [2.75, 3.05) is 6.61 Å². The number of carbonyl (C=O) groups excluding carboxylic acids is 1. The Labute approximate surface area is 117 Å². The summed E-state index contributed by atoms with van der Waals surface area (Å²) in [5, 5.41) is 29.4. The number of hydrogen-bond donors (Lipinski definition) is 3. The summed E-state index contributed by atoms with van der Waals surface area (Å²) in [5.74, 6) is -0.243. The summed E-state index contributed by atoms with van der Waals surface area (Å²) in [6.45, 7) is 7.37. The molecule has 1 saturated carbocycles. The molecule has 0 aromatic carbocycles. The topological polar surface area (TPSA) is 90.3 Å². The minimum atomic E-state index is -1.14. The van der Waals surface area contributed by atoms with E-state index in [1.165, 1.54) is 6.08 Å². The fourth-order valence-electron chi connectivity index (χ4n) is 3.89. The first-order chi connectivity index (χ1) is 9.30. The Morgan fingerprint density at radius 1 is 1.55 bits per heavy atom. The maximum atomic E-state index is 12.3. The number of ketones is 1. The van der Waals surface area contributed by atoms with Crippen LogP contribution in [-0.2, 0) is 9.53 Å². The predicted molar refractivity (Wildman–Crippen MR) is 70.8 cm³/mol. The zero-order valence-corrected chi connectivity index (χ0v) is 11.7. The molecule has 2 aliphatic carbocycles. The average Bonchev–Trinajstić information content (AvgIpc) is 3.17. The Morgan fingerprint density at radius 3 is 2.80 bits per heavy atom. The fraction of sp³-hybridized carbons (Fsp3) is 0.667. The first kappa shape index (κ1) is 13.9. The summed E-state index contributed by atoms with van der Waals surface area (Å²) in [7, 11) is 0. The van der Waals surface area contributed by atoms with Gasteiger partial charge >= 0.3 is 0 Å². The Morgan fingerprint density at radius 2 is 2.20 bits per heavy atom. The number of carbonyl (C=O) groups is 1. The first-order valence-corrected chi connectivity index (χ1v) is 6.89. The third-order valence-corrected chi connectivity index (χ3v) is 5.45. The van der Waals surface area contributed by atoms with E-state index in [4.69, 9.17) is 4.74 Å². The number of aliphatic hydroxyl groups excluding tert-OH is 3. The molecule has 0 aromatic heterocycles. The van der Waals surface area contributed by atoms with Crippen LogP contribution in [0.1, 0.15) is 20.3 Å². The van der Waals surface area contributed by atoms with Crippen molar-refractivity contribution in [1.29, 1.82) is 0 Å². The Bertz CT molecular complexity index is 524. The molecule has 1 saturated heterocycles. The summed E-state index contributed by atoms with van der Waals surface area (Å²) in [4.78, 5) is 12.3. The Balaban J connectivity index is 2.10. The molecule has 6 atom stereocenters. The van der Waals surface area contributed by atoms with Crippen molar-refractivity contribution in [2.24, 2.45) is 11.3 Å². The minimum absolute atomic E-state index is 0.0543. The molecule has 3 rings (SSSR count). The van der Waals surface area contributed by atoms with E-state index in [-0.39, 0.29) is 18.3 Å². The van der Waals surface area contributed by atoms with Crippen molar-refractivity contribution in [3.8, 4) is 0 Å². The third-order valence-electron chi connectivity index (χ3n) is 5.45. The van der Waals surface area contributed by atoms with Gasteiger partial charge in [0.25, 0.3) is 0 Å². The van der Waals surface area contributed by atoms with Gasteiger partial charge in [-0.1, -0.05) is 20.4 Å². The van der Waals surface area contributed by atoms with E-state index < -0.39 is 29.3 Å². The number of epoxide rings is 1. The highest BCUT2D eigenvalue weighted by molar-refractivity contribution is 6.05. The van der Waals surface area contributed by atoms with Crippen LogP contribution < -0.4 is 0 Å². The van der Waals surface area contributed by atoms with E-state index in [1.54, 1.807) is 0 Å². The summed E-state index contributed by atoms with van der Waals surface area (Å²) < 4.78 is 5.70. The quantitative estimate of drug-likeness (QED) is 0.487. The van der Waals surface area contributed by atoms with Gasteiger partial charge in [0, 0.05) is 5.41 Å². The molecule has 1 heterocycles. The summed E-state index contributed by atoms with van der Waals surface area (Å²) >= 11 is 0. The number of aliphatic hydroxyl groups is 3. The predicted octanol–water partition coefficient (Wildman–Crippen LogP) is -0.0505. The maximum absolute atomic E-state index is 12.3. The summed E-state index contributed by atoms with van der Waals surface area (Å²) in [5.41, 5.74) is -0.761. The molecule has 3 aliphatic rings. The number of rotatable bonds is 2. The Kier molecular flexibility index (Phi) is 2.80. The third kappa shape index (κ3) is 1.39. The van der Waals surface area contributed by atoms with E-state index in [1.807, 2.05) is 13.8 Å². The monoisotopic (exact) mass is 280 g/mol. The highest BCUT2D eigenvalue weighted by Crippen LogP contribution is 2.63. The zero-order chi connectivity index (χ0) is 14.9. The van der Waals surface area contributed by atoms with Crippen LogP contribution in [0.15, 0.2) is 23.8 Å². The summed E-state index contributed by atoms with van der Waals surface area (Å²) in [6, 6.07) is 0. The van der Waals surface area contributed by atoms with Gasteiger partial charge in [-0.25, -0.2) is 0 Å². The van der Waals surface area contributed by atoms with Gasteiger partial charge in [0.15, 0.2) is 11.4 Å². The second-order valence-electron chi connectivity index (χ2n) is 6.39. The second kappa shape index (κ2) is 4.01. The lowest BCUT2D eigenvalue weighted by molar-refractivity contribution is -0.119. The van der Waals surface area contributed by atoms with Gasteiger partial charge in [-0.3, -0.25) is 4.79 Å². The standard InChI is InChI=1S/C15H20O5/c1-7-4-10(17)12(19)9-5-11(18)15(8(2)6-16)13(20-15)14(7,9)3/h5,7,10,12-13,16-17,19H,2,4,6H2,1,3H3/t7-,10+,12+,13-,14+,15-/m1/s1. The normalized spacial score (nSPS) is 50.0. The van der Waals surface area contributed by atoms with Crippen LogP contribution in [0.5, 0.6) is 0 Å². The number of fused-ring (bicyclic) bond motifs is 3. The Hall–Kier alpha value is -1.01. The molecule has 110 valence electrons. The molecule has 3 N–H and O–H groups in total. The molecule has 0 spiro atoms. The van der Waals surface area contributed by atoms with Crippen LogP contribution in [0, 0.1) is 11.3 Å². The van der Waals surface area contributed by atoms with E-state index in [9.17, 15) is 20.1 Å². The van der Waals surface area contributed by atoms with Gasteiger partial charge in [-0.05, 0) is 29.6 Å². The fourth-order valence-corrected chi connectivity index (χ4v) is 3.89. The number of ether oxygens (including phenoxy) is 1. The van der Waals surface area contributed by atoms with Crippen LogP contribution in [-0.4, -0.2) is 51.6 Å². The molecule has 5 heteroatoms. The highest BCUT2D eigenvalue weighted by Gasteiger charge is 2.74. The van der Waals surface area contributed by atoms with Crippen LogP contribution in [0.25, 0.3) is 0 Å². The molecule has 0 unspecified atom stereocenters. The molecule has 5 nitrogen and oxygen atoms in total. The molecule has 0 bridgehead atoms. The molecule has 0 radical (unpaired) electrons. The van der Waals surface area contributed by atoms with Crippen molar-refractivity contribution < 1.29 is 24.9 Å². The lowest BCUT2D eigenvalue weighted by atomic mass is 9.56. The molecular formula is C15H20O5. The van der Waals surface area contributed by atoms with Crippen molar-refractivity contribution in [2.45, 2.75) is 44.2 Å². The number of hydrogen-bond acceptors (Lipinski definition) is 5. The molecule has 2 fully saturated rings. The van der Waals surface area contributed by atoms with Crippen LogP contribution >= 0.6 is 0 Å². The second-order valence-corrected chi connectivity index (χ2v) is 6.39. The van der Waals surface area contributed by atoms with Crippen molar-refractivity contribution >= 4 is 5.78 Å². The van der Waals surface area contributed by atoms with E-state index in [0.717, 1.165) is 0 Å². The molecule has 0 aromatic rings.